The van der Waals surface area contributed by atoms with Crippen molar-refractivity contribution < 1.29 is 14.6 Å². The average molecular weight is 373 g/mol. The van der Waals surface area contributed by atoms with Gasteiger partial charge in [-0.2, -0.15) is 0 Å². The highest BCUT2D eigenvalue weighted by Gasteiger charge is 2.45. The number of likely N-dealkylation sites (tertiary alicyclic amines) is 1. The van der Waals surface area contributed by atoms with Crippen LogP contribution in [0.15, 0.2) is 6.07 Å². The van der Waals surface area contributed by atoms with Crippen LogP contribution in [0.1, 0.15) is 30.2 Å². The summed E-state index contributed by atoms with van der Waals surface area (Å²) in [7, 11) is 3.33. The zero-order valence-electron chi connectivity index (χ0n) is 14.4. The molecule has 7 heteroatoms. The molecule has 3 rings (SSSR count). The maximum absolute atomic E-state index is 11.9. The maximum Gasteiger partial charge on any atom is 0.252 e. The van der Waals surface area contributed by atoms with Gasteiger partial charge in [0, 0.05) is 38.1 Å². The summed E-state index contributed by atoms with van der Waals surface area (Å²) in [4.78, 5) is 16.8. The van der Waals surface area contributed by atoms with Gasteiger partial charge in [0.1, 0.15) is 11.7 Å². The van der Waals surface area contributed by atoms with E-state index in [2.05, 4.69) is 17.9 Å². The molecule has 2 aliphatic heterocycles. The van der Waals surface area contributed by atoms with E-state index < -0.39 is 6.10 Å². The van der Waals surface area contributed by atoms with E-state index in [1.165, 1.54) is 15.3 Å². The summed E-state index contributed by atoms with van der Waals surface area (Å²) in [5.74, 6) is -0.247. The minimum absolute atomic E-state index is 0.232. The van der Waals surface area contributed by atoms with E-state index in [9.17, 15) is 9.90 Å². The highest BCUT2D eigenvalue weighted by molar-refractivity contribution is 7.16. The highest BCUT2D eigenvalue weighted by Crippen LogP contribution is 2.47. The van der Waals surface area contributed by atoms with Crippen LogP contribution < -0.4 is 0 Å². The number of carbonyl (C=O) groups excluding carboxylic acids is 1. The Labute approximate surface area is 152 Å². The Kier molecular flexibility index (Phi) is 5.23. The molecule has 1 spiro atoms. The number of fused-ring (bicyclic) bond motifs is 2. The third kappa shape index (κ3) is 3.35. The molecule has 1 aromatic heterocycles. The van der Waals surface area contributed by atoms with Crippen LogP contribution in [0.25, 0.3) is 0 Å². The van der Waals surface area contributed by atoms with Crippen molar-refractivity contribution in [1.82, 2.24) is 9.80 Å². The second kappa shape index (κ2) is 6.92. The first-order valence-electron chi connectivity index (χ1n) is 8.38. The normalized spacial score (nSPS) is 28.6. The van der Waals surface area contributed by atoms with Gasteiger partial charge in [0.2, 0.25) is 0 Å². The van der Waals surface area contributed by atoms with E-state index in [4.69, 9.17) is 16.3 Å². The summed E-state index contributed by atoms with van der Waals surface area (Å²) in [6.07, 6.45) is 1.67. The van der Waals surface area contributed by atoms with Gasteiger partial charge in [-0.05, 0) is 37.8 Å². The summed E-state index contributed by atoms with van der Waals surface area (Å²) >= 11 is 7.86. The molecule has 1 aromatic rings. The molecule has 1 saturated heterocycles. The number of piperidine rings is 1. The Balaban J connectivity index is 1.71. The molecule has 0 aliphatic carbocycles. The number of likely N-dealkylation sites (N-methyl/N-ethyl adjacent to an activating group) is 1. The number of β-amino-alcohol motifs (C(OH)–C–C–N with tert-alkyl or cyclic N) is 1. The lowest BCUT2D eigenvalue weighted by Crippen LogP contribution is -2.53. The molecule has 1 N–H and O–H groups in total. The van der Waals surface area contributed by atoms with Crippen molar-refractivity contribution in [2.24, 2.45) is 0 Å². The standard InChI is InChI=1S/C17H25ClN2O3S/c1-11-9-17(15-12(4-7-23-17)8-14(18)24-15)5-6-20(11)10-13(21)16(22)19(2)3/h8,11,13,21H,4-7,9-10H2,1-3H3/t11-,13?,17+/m0/s1. The van der Waals surface area contributed by atoms with Gasteiger partial charge in [-0.15, -0.1) is 11.3 Å². The first-order chi connectivity index (χ1) is 11.3. The Hall–Kier alpha value is -0.660. The van der Waals surface area contributed by atoms with Crippen molar-refractivity contribution in [3.63, 3.8) is 0 Å². The van der Waals surface area contributed by atoms with E-state index in [0.29, 0.717) is 6.54 Å². The molecule has 0 bridgehead atoms. The van der Waals surface area contributed by atoms with Gasteiger partial charge < -0.3 is 14.7 Å². The number of carbonyl (C=O) groups is 1. The molecule has 3 heterocycles. The third-order valence-electron chi connectivity index (χ3n) is 5.13. The number of rotatable bonds is 3. The summed E-state index contributed by atoms with van der Waals surface area (Å²) in [5.41, 5.74) is 1.07. The third-order valence-corrected chi connectivity index (χ3v) is 6.62. The van der Waals surface area contributed by atoms with E-state index >= 15 is 0 Å². The summed E-state index contributed by atoms with van der Waals surface area (Å²) in [5, 5.41) is 10.1. The van der Waals surface area contributed by atoms with Crippen LogP contribution in [0, 0.1) is 0 Å². The molecule has 0 aromatic carbocycles. The lowest BCUT2D eigenvalue weighted by Gasteiger charge is -2.47. The van der Waals surface area contributed by atoms with Crippen molar-refractivity contribution in [2.75, 3.05) is 33.8 Å². The van der Waals surface area contributed by atoms with Gasteiger partial charge in [-0.25, -0.2) is 0 Å². The second-order valence-electron chi connectivity index (χ2n) is 7.04. The van der Waals surface area contributed by atoms with Crippen molar-refractivity contribution in [3.8, 4) is 0 Å². The molecule has 1 amide bonds. The number of aliphatic hydroxyl groups excluding tert-OH is 1. The second-order valence-corrected chi connectivity index (χ2v) is 8.73. The van der Waals surface area contributed by atoms with E-state index in [-0.39, 0.29) is 17.6 Å². The van der Waals surface area contributed by atoms with Gasteiger partial charge in [0.25, 0.3) is 5.91 Å². The highest BCUT2D eigenvalue weighted by atomic mass is 35.5. The van der Waals surface area contributed by atoms with Gasteiger partial charge in [-0.1, -0.05) is 11.6 Å². The summed E-state index contributed by atoms with van der Waals surface area (Å²) in [6, 6.07) is 2.30. The molecule has 0 saturated carbocycles. The van der Waals surface area contributed by atoms with Crippen LogP contribution in [0.3, 0.4) is 0 Å². The number of halogens is 1. The number of hydrogen-bond acceptors (Lipinski definition) is 5. The molecule has 0 radical (unpaired) electrons. The topological polar surface area (TPSA) is 53.0 Å². The fourth-order valence-electron chi connectivity index (χ4n) is 3.85. The fourth-order valence-corrected chi connectivity index (χ4v) is 5.33. The van der Waals surface area contributed by atoms with E-state index in [1.54, 1.807) is 25.4 Å². The zero-order valence-corrected chi connectivity index (χ0v) is 16.0. The van der Waals surface area contributed by atoms with Crippen molar-refractivity contribution in [3.05, 3.63) is 20.8 Å². The monoisotopic (exact) mass is 372 g/mol. The molecule has 1 unspecified atom stereocenters. The molecular formula is C17H25ClN2O3S. The number of amides is 1. The quantitative estimate of drug-likeness (QED) is 0.882. The maximum atomic E-state index is 11.9. The minimum Gasteiger partial charge on any atom is -0.382 e. The SMILES string of the molecule is C[C@H]1C[C@@]2(CCN1CC(O)C(=O)N(C)C)OCCc1cc(Cl)sc12. The van der Waals surface area contributed by atoms with Crippen LogP contribution in [0.4, 0.5) is 0 Å². The molecule has 5 nitrogen and oxygen atoms in total. The van der Waals surface area contributed by atoms with Crippen LogP contribution in [-0.2, 0) is 21.6 Å². The first kappa shape index (κ1) is 18.1. The van der Waals surface area contributed by atoms with Gasteiger partial charge >= 0.3 is 0 Å². The van der Waals surface area contributed by atoms with E-state index in [0.717, 1.165) is 36.8 Å². The predicted molar refractivity (Wildman–Crippen MR) is 95.6 cm³/mol. The molecule has 24 heavy (non-hydrogen) atoms. The number of aliphatic hydroxyl groups is 1. The van der Waals surface area contributed by atoms with Gasteiger partial charge in [0.15, 0.2) is 0 Å². The number of hydrogen-bond donors (Lipinski definition) is 1. The summed E-state index contributed by atoms with van der Waals surface area (Å²) < 4.78 is 7.07. The number of thiophene rings is 1. The Morgan fingerprint density at radius 2 is 2.38 bits per heavy atom. The fraction of sp³-hybridized carbons (Fsp3) is 0.706. The van der Waals surface area contributed by atoms with Crippen LogP contribution in [0.2, 0.25) is 4.34 Å². The van der Waals surface area contributed by atoms with Crippen molar-refractivity contribution in [2.45, 2.75) is 43.9 Å². The van der Waals surface area contributed by atoms with Crippen LogP contribution >= 0.6 is 22.9 Å². The zero-order chi connectivity index (χ0) is 17.5. The summed E-state index contributed by atoms with van der Waals surface area (Å²) in [6.45, 7) is 4.04. The van der Waals surface area contributed by atoms with E-state index in [1.807, 2.05) is 0 Å². The lowest BCUT2D eigenvalue weighted by atomic mass is 9.82. The Bertz CT molecular complexity index is 621. The van der Waals surface area contributed by atoms with Crippen molar-refractivity contribution >= 4 is 28.8 Å². The molecule has 3 atom stereocenters. The number of nitrogens with zero attached hydrogens (tertiary/aromatic N) is 2. The minimum atomic E-state index is -0.976. The van der Waals surface area contributed by atoms with Gasteiger partial charge in [-0.3, -0.25) is 9.69 Å². The molecular weight excluding hydrogens is 348 g/mol. The predicted octanol–water partition coefficient (Wildman–Crippen LogP) is 2.10. The van der Waals surface area contributed by atoms with Crippen molar-refractivity contribution in [1.29, 1.82) is 0 Å². The Morgan fingerprint density at radius 3 is 3.04 bits per heavy atom. The van der Waals surface area contributed by atoms with Crippen LogP contribution in [0.5, 0.6) is 0 Å². The smallest absolute Gasteiger partial charge is 0.252 e. The molecule has 134 valence electrons. The van der Waals surface area contributed by atoms with Crippen LogP contribution in [-0.4, -0.2) is 66.8 Å². The Morgan fingerprint density at radius 1 is 1.62 bits per heavy atom. The van der Waals surface area contributed by atoms with Gasteiger partial charge in [0.05, 0.1) is 10.9 Å². The lowest BCUT2D eigenvalue weighted by molar-refractivity contribution is -0.141. The average Bonchev–Trinajstić information content (AvgIpc) is 2.91. The number of ether oxygens (including phenoxy) is 1. The largest absolute Gasteiger partial charge is 0.382 e. The molecule has 2 aliphatic rings. The molecule has 1 fully saturated rings. The first-order valence-corrected chi connectivity index (χ1v) is 9.58.